The molecule has 4 rings (SSSR count). The van der Waals surface area contributed by atoms with Crippen molar-refractivity contribution in [3.63, 3.8) is 0 Å². The minimum absolute atomic E-state index is 0.193. The molecule has 0 atom stereocenters. The second-order valence-corrected chi connectivity index (χ2v) is 17.0. The summed E-state index contributed by atoms with van der Waals surface area (Å²) in [6.45, 7) is 25.3. The van der Waals surface area contributed by atoms with Crippen molar-refractivity contribution in [1.82, 2.24) is 9.13 Å². The topological polar surface area (TPSA) is 76.6 Å². The quantitative estimate of drug-likeness (QED) is 0.225. The first kappa shape index (κ1) is 32.5. The molecule has 0 amide bonds. The van der Waals surface area contributed by atoms with E-state index in [2.05, 4.69) is 91.1 Å². The summed E-state index contributed by atoms with van der Waals surface area (Å²) in [5.41, 5.74) is 5.00. The largest absolute Gasteiger partial charge is 0.471 e. The minimum Gasteiger partial charge on any atom is -0.337 e. The van der Waals surface area contributed by atoms with Crippen LogP contribution in [0.2, 0.25) is 0 Å². The van der Waals surface area contributed by atoms with Crippen molar-refractivity contribution in [1.29, 1.82) is 0 Å². The Morgan fingerprint density at radius 3 is 1.83 bits per heavy atom. The van der Waals surface area contributed by atoms with Crippen molar-refractivity contribution < 1.29 is 23.3 Å². The Labute approximate surface area is 250 Å². The molecule has 2 N–H and O–H groups in total. The minimum atomic E-state index is -4.70. The van der Waals surface area contributed by atoms with Gasteiger partial charge >= 0.3 is 7.82 Å². The fraction of sp³-hybridized carbons (Fsp3) is 0.529. The maximum absolute atomic E-state index is 16.4. The summed E-state index contributed by atoms with van der Waals surface area (Å²) in [6, 6.07) is 12.4. The predicted octanol–water partition coefficient (Wildman–Crippen LogP) is 9.04. The summed E-state index contributed by atoms with van der Waals surface area (Å²) >= 11 is 0. The number of aromatic nitrogens is 2. The monoisotopic (exact) mass is 598 g/mol. The molecule has 0 fully saturated rings. The number of rotatable bonds is 5. The molecule has 230 valence electrons. The fourth-order valence-electron chi connectivity index (χ4n) is 5.74. The van der Waals surface area contributed by atoms with Gasteiger partial charge in [0.05, 0.1) is 11.0 Å². The van der Waals surface area contributed by atoms with Gasteiger partial charge < -0.3 is 18.9 Å². The van der Waals surface area contributed by atoms with E-state index in [-0.39, 0.29) is 34.2 Å². The van der Waals surface area contributed by atoms with Gasteiger partial charge in [0.15, 0.2) is 5.82 Å². The zero-order chi connectivity index (χ0) is 31.8. The van der Waals surface area contributed by atoms with E-state index in [9.17, 15) is 14.4 Å². The molecule has 2 aromatic heterocycles. The van der Waals surface area contributed by atoms with Crippen molar-refractivity contribution in [3.8, 4) is 0 Å². The molecule has 0 saturated carbocycles. The summed E-state index contributed by atoms with van der Waals surface area (Å²) in [4.78, 5) is 19.1. The summed E-state index contributed by atoms with van der Waals surface area (Å²) in [6.07, 6.45) is 0. The Hall–Kier alpha value is -2.44. The molecule has 4 aromatic rings. The van der Waals surface area contributed by atoms with E-state index < -0.39 is 7.82 Å². The molecule has 8 heteroatoms. The van der Waals surface area contributed by atoms with Crippen LogP contribution in [-0.4, -0.2) is 18.9 Å². The molecular weight excluding hydrogens is 550 g/mol. The Bertz CT molecular complexity index is 1700. The van der Waals surface area contributed by atoms with Crippen LogP contribution < -0.4 is 0 Å². The van der Waals surface area contributed by atoms with Gasteiger partial charge in [-0.15, -0.1) is 0 Å². The number of nitrogens with zero attached hydrogens (tertiary/aromatic N) is 2. The van der Waals surface area contributed by atoms with Gasteiger partial charge in [-0.05, 0) is 45.7 Å². The summed E-state index contributed by atoms with van der Waals surface area (Å²) in [5.74, 6) is -0.193. The van der Waals surface area contributed by atoms with Crippen LogP contribution in [0.3, 0.4) is 0 Å². The van der Waals surface area contributed by atoms with E-state index >= 15 is 4.39 Å². The second-order valence-electron chi connectivity index (χ2n) is 15.8. The first-order valence-corrected chi connectivity index (χ1v) is 16.1. The van der Waals surface area contributed by atoms with Gasteiger partial charge in [-0.25, -0.2) is 8.96 Å². The molecule has 0 aliphatic carbocycles. The maximum Gasteiger partial charge on any atom is 0.471 e. The van der Waals surface area contributed by atoms with Crippen molar-refractivity contribution in [2.45, 2.75) is 118 Å². The predicted molar refractivity (Wildman–Crippen MR) is 171 cm³/mol. The van der Waals surface area contributed by atoms with Crippen LogP contribution in [-0.2, 0) is 44.0 Å². The molecule has 0 saturated heterocycles. The number of halogens is 1. The average Bonchev–Trinajstić information content (AvgIpc) is 3.35. The van der Waals surface area contributed by atoms with E-state index in [1.54, 1.807) is 0 Å². The van der Waals surface area contributed by atoms with Crippen LogP contribution in [0.1, 0.15) is 111 Å². The lowest BCUT2D eigenvalue weighted by molar-refractivity contribution is 0.152. The molecule has 2 aromatic carbocycles. The van der Waals surface area contributed by atoms with Crippen molar-refractivity contribution in [2.24, 2.45) is 0 Å². The normalized spacial score (nSPS) is 14.0. The Kier molecular flexibility index (Phi) is 7.99. The van der Waals surface area contributed by atoms with Crippen LogP contribution >= 0.6 is 7.82 Å². The van der Waals surface area contributed by atoms with Gasteiger partial charge in [0, 0.05) is 39.5 Å². The highest BCUT2D eigenvalue weighted by molar-refractivity contribution is 7.46. The molecular formula is C34H48FN2O4P. The third-order valence-corrected chi connectivity index (χ3v) is 8.45. The van der Waals surface area contributed by atoms with Gasteiger partial charge in [0.1, 0.15) is 6.73 Å². The molecule has 0 bridgehead atoms. The van der Waals surface area contributed by atoms with E-state index in [4.69, 9.17) is 4.52 Å². The third-order valence-electron chi connectivity index (χ3n) is 8.00. The third kappa shape index (κ3) is 6.40. The molecule has 6 nitrogen and oxygen atoms in total. The molecule has 0 aliphatic rings. The van der Waals surface area contributed by atoms with Crippen LogP contribution in [0.15, 0.2) is 36.4 Å². The number of phosphoric ester groups is 1. The van der Waals surface area contributed by atoms with Crippen LogP contribution in [0.25, 0.3) is 21.8 Å². The smallest absolute Gasteiger partial charge is 0.337 e. The SMILES string of the molecule is CC(C)(C)c1cc(Cn2c(C(C)(C)C)cc3ccc(C(C)(C)C)c(F)c32)c2cc(C(C)(C)C)n(COP(=O)(O)O)c2c1. The zero-order valence-corrected chi connectivity index (χ0v) is 28.2. The van der Waals surface area contributed by atoms with E-state index in [0.29, 0.717) is 17.6 Å². The number of phosphoric acid groups is 1. The number of benzene rings is 2. The van der Waals surface area contributed by atoms with Gasteiger partial charge in [-0.3, -0.25) is 4.52 Å². The average molecular weight is 599 g/mol. The first-order valence-electron chi connectivity index (χ1n) is 14.6. The van der Waals surface area contributed by atoms with Gasteiger partial charge in [0.25, 0.3) is 0 Å². The van der Waals surface area contributed by atoms with E-state index in [1.165, 1.54) is 0 Å². The van der Waals surface area contributed by atoms with Crippen molar-refractivity contribution in [2.75, 3.05) is 0 Å². The van der Waals surface area contributed by atoms with E-state index in [0.717, 1.165) is 38.8 Å². The lowest BCUT2D eigenvalue weighted by Gasteiger charge is -2.25. The molecule has 0 spiro atoms. The molecule has 0 aliphatic heterocycles. The number of fused-ring (bicyclic) bond motifs is 2. The van der Waals surface area contributed by atoms with Crippen molar-refractivity contribution >= 4 is 29.6 Å². The van der Waals surface area contributed by atoms with Crippen LogP contribution in [0, 0.1) is 5.82 Å². The highest BCUT2D eigenvalue weighted by atomic mass is 31.2. The van der Waals surface area contributed by atoms with E-state index in [1.807, 2.05) is 37.5 Å². The lowest BCUT2D eigenvalue weighted by atomic mass is 9.85. The van der Waals surface area contributed by atoms with Crippen LogP contribution in [0.5, 0.6) is 0 Å². The number of hydrogen-bond donors (Lipinski definition) is 2. The Morgan fingerprint density at radius 2 is 1.33 bits per heavy atom. The Balaban J connectivity index is 2.09. The molecule has 0 unspecified atom stereocenters. The molecule has 0 radical (unpaired) electrons. The van der Waals surface area contributed by atoms with Crippen LogP contribution in [0.4, 0.5) is 4.39 Å². The standard InChI is InChI=1S/C34H48FN2O4P/c1-31(2,3)23-15-22(24-18-28(34(10,11)12)37(26(24)17-23)20-41-42(38,39)40)19-36-27(33(7,8)9)16-21-13-14-25(32(4,5)6)29(35)30(21)36/h13-18H,19-20H2,1-12H3,(H2,38,39,40). The zero-order valence-electron chi connectivity index (χ0n) is 27.3. The number of hydrogen-bond acceptors (Lipinski definition) is 2. The lowest BCUT2D eigenvalue weighted by Crippen LogP contribution is -2.20. The fourth-order valence-corrected chi connectivity index (χ4v) is 6.01. The highest BCUT2D eigenvalue weighted by Crippen LogP contribution is 2.41. The summed E-state index contributed by atoms with van der Waals surface area (Å²) in [7, 11) is -4.70. The van der Waals surface area contributed by atoms with Gasteiger partial charge in [0.2, 0.25) is 0 Å². The van der Waals surface area contributed by atoms with Gasteiger partial charge in [-0.2, -0.15) is 0 Å². The second kappa shape index (κ2) is 10.3. The Morgan fingerprint density at radius 1 is 0.762 bits per heavy atom. The van der Waals surface area contributed by atoms with Gasteiger partial charge in [-0.1, -0.05) is 101 Å². The summed E-state index contributed by atoms with van der Waals surface area (Å²) < 4.78 is 37.2. The highest BCUT2D eigenvalue weighted by Gasteiger charge is 2.29. The maximum atomic E-state index is 16.4. The summed E-state index contributed by atoms with van der Waals surface area (Å²) in [5, 5.41) is 1.83. The molecule has 2 heterocycles. The first-order chi connectivity index (χ1) is 18.9. The molecule has 42 heavy (non-hydrogen) atoms. The van der Waals surface area contributed by atoms with Crippen molar-refractivity contribution in [3.05, 3.63) is 70.3 Å².